The fourth-order valence-corrected chi connectivity index (χ4v) is 2.07. The van der Waals surface area contributed by atoms with Gasteiger partial charge in [-0.2, -0.15) is 5.10 Å². The third-order valence-electron chi connectivity index (χ3n) is 3.04. The van der Waals surface area contributed by atoms with Gasteiger partial charge in [-0.25, -0.2) is 4.98 Å². The zero-order valence-electron chi connectivity index (χ0n) is 12.6. The van der Waals surface area contributed by atoms with E-state index in [-0.39, 0.29) is 11.3 Å². The van der Waals surface area contributed by atoms with Crippen molar-refractivity contribution < 1.29 is 4.79 Å². The SMILES string of the molecule is Cn1cc(CNC(=O)c2cc(Cl)nc(C(C)(C)C)c2)cn1. The van der Waals surface area contributed by atoms with Crippen LogP contribution in [0.4, 0.5) is 0 Å². The van der Waals surface area contributed by atoms with E-state index in [1.54, 1.807) is 23.0 Å². The summed E-state index contributed by atoms with van der Waals surface area (Å²) in [6, 6.07) is 3.36. The predicted molar refractivity (Wildman–Crippen MR) is 82.3 cm³/mol. The second kappa shape index (κ2) is 5.85. The Labute approximate surface area is 129 Å². The molecule has 5 nitrogen and oxygen atoms in total. The van der Waals surface area contributed by atoms with Crippen LogP contribution < -0.4 is 5.32 Å². The zero-order valence-corrected chi connectivity index (χ0v) is 13.4. The van der Waals surface area contributed by atoms with Crippen molar-refractivity contribution in [1.82, 2.24) is 20.1 Å². The van der Waals surface area contributed by atoms with Gasteiger partial charge in [-0.15, -0.1) is 0 Å². The molecule has 6 heteroatoms. The Morgan fingerprint density at radius 3 is 2.67 bits per heavy atom. The second-order valence-electron chi connectivity index (χ2n) is 6.02. The summed E-state index contributed by atoms with van der Waals surface area (Å²) in [5, 5.41) is 7.25. The minimum absolute atomic E-state index is 0.163. The molecule has 21 heavy (non-hydrogen) atoms. The Kier molecular flexibility index (Phi) is 4.32. The van der Waals surface area contributed by atoms with Crippen LogP contribution in [-0.4, -0.2) is 20.7 Å². The molecule has 0 aliphatic carbocycles. The minimum Gasteiger partial charge on any atom is -0.348 e. The van der Waals surface area contributed by atoms with Gasteiger partial charge in [0.15, 0.2) is 0 Å². The van der Waals surface area contributed by atoms with Gasteiger partial charge < -0.3 is 5.32 Å². The molecule has 0 saturated heterocycles. The molecule has 112 valence electrons. The number of hydrogen-bond acceptors (Lipinski definition) is 3. The monoisotopic (exact) mass is 306 g/mol. The Bertz CT molecular complexity index is 658. The zero-order chi connectivity index (χ0) is 15.6. The van der Waals surface area contributed by atoms with Crippen molar-refractivity contribution in [3.8, 4) is 0 Å². The maximum atomic E-state index is 12.2. The first-order chi connectivity index (χ1) is 9.75. The Morgan fingerprint density at radius 1 is 1.38 bits per heavy atom. The number of nitrogens with one attached hydrogen (secondary N) is 1. The number of rotatable bonds is 3. The number of nitrogens with zero attached hydrogens (tertiary/aromatic N) is 3. The van der Waals surface area contributed by atoms with Gasteiger partial charge in [-0.1, -0.05) is 32.4 Å². The second-order valence-corrected chi connectivity index (χ2v) is 6.41. The van der Waals surface area contributed by atoms with E-state index in [1.807, 2.05) is 34.0 Å². The summed E-state index contributed by atoms with van der Waals surface area (Å²) < 4.78 is 1.70. The molecule has 0 fully saturated rings. The van der Waals surface area contributed by atoms with Crippen LogP contribution in [0, 0.1) is 0 Å². The third-order valence-corrected chi connectivity index (χ3v) is 3.23. The molecule has 2 aromatic rings. The van der Waals surface area contributed by atoms with Crippen molar-refractivity contribution in [2.75, 3.05) is 0 Å². The van der Waals surface area contributed by atoms with Crippen molar-refractivity contribution in [2.24, 2.45) is 7.05 Å². The highest BCUT2D eigenvalue weighted by Crippen LogP contribution is 2.23. The van der Waals surface area contributed by atoms with Crippen molar-refractivity contribution in [2.45, 2.75) is 32.7 Å². The van der Waals surface area contributed by atoms with Gasteiger partial charge in [-0.3, -0.25) is 9.48 Å². The summed E-state index contributed by atoms with van der Waals surface area (Å²) in [6.07, 6.45) is 3.58. The molecule has 0 radical (unpaired) electrons. The van der Waals surface area contributed by atoms with E-state index in [1.165, 1.54) is 0 Å². The predicted octanol–water partition coefficient (Wildman–Crippen LogP) is 2.70. The average molecular weight is 307 g/mol. The largest absolute Gasteiger partial charge is 0.348 e. The van der Waals surface area contributed by atoms with E-state index >= 15 is 0 Å². The Morgan fingerprint density at radius 2 is 2.10 bits per heavy atom. The number of amides is 1. The van der Waals surface area contributed by atoms with E-state index < -0.39 is 0 Å². The van der Waals surface area contributed by atoms with E-state index in [0.717, 1.165) is 11.3 Å². The number of aryl methyl sites for hydroxylation is 1. The van der Waals surface area contributed by atoms with Crippen LogP contribution in [0.5, 0.6) is 0 Å². The molecule has 0 aliphatic heterocycles. The van der Waals surface area contributed by atoms with Crippen molar-refractivity contribution >= 4 is 17.5 Å². The van der Waals surface area contributed by atoms with E-state index in [9.17, 15) is 4.79 Å². The van der Waals surface area contributed by atoms with Gasteiger partial charge in [0.05, 0.1) is 6.20 Å². The first-order valence-corrected chi connectivity index (χ1v) is 7.07. The summed E-state index contributed by atoms with van der Waals surface area (Å²) in [6.45, 7) is 6.52. The van der Waals surface area contributed by atoms with Crippen LogP contribution >= 0.6 is 11.6 Å². The quantitative estimate of drug-likeness (QED) is 0.887. The number of carbonyl (C=O) groups is 1. The van der Waals surface area contributed by atoms with Crippen LogP contribution in [0.25, 0.3) is 0 Å². The van der Waals surface area contributed by atoms with Crippen LogP contribution in [0.3, 0.4) is 0 Å². The lowest BCUT2D eigenvalue weighted by Crippen LogP contribution is -2.24. The summed E-state index contributed by atoms with van der Waals surface area (Å²) in [5.41, 5.74) is 2.09. The maximum absolute atomic E-state index is 12.2. The molecule has 0 aromatic carbocycles. The molecule has 1 N–H and O–H groups in total. The fourth-order valence-electron chi connectivity index (χ4n) is 1.86. The minimum atomic E-state index is -0.173. The lowest BCUT2D eigenvalue weighted by atomic mass is 9.91. The van der Waals surface area contributed by atoms with Crippen molar-refractivity contribution in [3.63, 3.8) is 0 Å². The van der Waals surface area contributed by atoms with Crippen molar-refractivity contribution in [1.29, 1.82) is 0 Å². The summed E-state index contributed by atoms with van der Waals surface area (Å²) in [7, 11) is 1.84. The number of aromatic nitrogens is 3. The van der Waals surface area contributed by atoms with Crippen LogP contribution in [0.2, 0.25) is 5.15 Å². The molecule has 0 spiro atoms. The van der Waals surface area contributed by atoms with Gasteiger partial charge in [0.25, 0.3) is 5.91 Å². The molecule has 2 aromatic heterocycles. The molecule has 0 aliphatic rings. The molecule has 1 amide bonds. The molecule has 0 saturated carbocycles. The molecular formula is C15H19ClN4O. The average Bonchev–Trinajstić information content (AvgIpc) is 2.80. The van der Waals surface area contributed by atoms with E-state index in [2.05, 4.69) is 15.4 Å². The Hall–Kier alpha value is -1.88. The van der Waals surface area contributed by atoms with Crippen LogP contribution in [0.1, 0.15) is 42.4 Å². The fraction of sp³-hybridized carbons (Fsp3) is 0.400. The molecule has 2 rings (SSSR count). The van der Waals surface area contributed by atoms with E-state index in [4.69, 9.17) is 11.6 Å². The first-order valence-electron chi connectivity index (χ1n) is 6.69. The van der Waals surface area contributed by atoms with Gasteiger partial charge in [-0.05, 0) is 12.1 Å². The number of carbonyl (C=O) groups excluding carboxylic acids is 1. The Balaban J connectivity index is 2.13. The summed E-state index contributed by atoms with van der Waals surface area (Å²) in [4.78, 5) is 16.5. The standard InChI is InChI=1S/C15H19ClN4O/c1-15(2,3)12-5-11(6-13(16)19-12)14(21)17-7-10-8-18-20(4)9-10/h5-6,8-9H,7H2,1-4H3,(H,17,21). The highest BCUT2D eigenvalue weighted by molar-refractivity contribution is 6.29. The highest BCUT2D eigenvalue weighted by atomic mass is 35.5. The molecular weight excluding hydrogens is 288 g/mol. The van der Waals surface area contributed by atoms with Gasteiger partial charge >= 0.3 is 0 Å². The highest BCUT2D eigenvalue weighted by Gasteiger charge is 2.18. The molecule has 2 heterocycles. The third kappa shape index (κ3) is 4.04. The first kappa shape index (κ1) is 15.5. The lowest BCUT2D eigenvalue weighted by molar-refractivity contribution is 0.0950. The topological polar surface area (TPSA) is 59.8 Å². The normalized spacial score (nSPS) is 11.5. The maximum Gasteiger partial charge on any atom is 0.251 e. The van der Waals surface area contributed by atoms with Gasteiger partial charge in [0.2, 0.25) is 0 Å². The number of hydrogen-bond donors (Lipinski definition) is 1. The molecule has 0 bridgehead atoms. The van der Waals surface area contributed by atoms with Crippen molar-refractivity contribution in [3.05, 3.63) is 46.5 Å². The van der Waals surface area contributed by atoms with Crippen LogP contribution in [-0.2, 0) is 19.0 Å². The number of pyridine rings is 1. The molecule has 0 atom stereocenters. The number of halogens is 1. The van der Waals surface area contributed by atoms with E-state index in [0.29, 0.717) is 17.3 Å². The smallest absolute Gasteiger partial charge is 0.251 e. The summed E-state index contributed by atoms with van der Waals surface area (Å²) >= 11 is 6.02. The van der Waals surface area contributed by atoms with Gasteiger partial charge in [0, 0.05) is 42.0 Å². The molecule has 0 unspecified atom stereocenters. The lowest BCUT2D eigenvalue weighted by Gasteiger charge is -2.18. The van der Waals surface area contributed by atoms with Gasteiger partial charge in [0.1, 0.15) is 5.15 Å². The summed E-state index contributed by atoms with van der Waals surface area (Å²) in [5.74, 6) is -0.173. The van der Waals surface area contributed by atoms with Crippen LogP contribution in [0.15, 0.2) is 24.5 Å².